The first kappa shape index (κ1) is 62.1. The molecule has 6 N–H and O–H groups in total. The topological polar surface area (TPSA) is 279 Å². The number of allylic oxidation sites excluding steroid dienone is 2. The number of benzene rings is 4. The molecule has 4 heterocycles. The third-order valence-corrected chi connectivity index (χ3v) is 8.85. The third-order valence-electron chi connectivity index (χ3n) is 7.79. The van der Waals surface area contributed by atoms with Crippen LogP contribution >= 0.6 is 118 Å². The van der Waals surface area contributed by atoms with Crippen LogP contribution in [-0.2, 0) is 14.4 Å². The van der Waals surface area contributed by atoms with E-state index in [1.165, 1.54) is 87.1 Å². The van der Waals surface area contributed by atoms with Gasteiger partial charge in [0, 0.05) is 91.4 Å². The monoisotopic (exact) mass is 1220 g/mol. The summed E-state index contributed by atoms with van der Waals surface area (Å²) >= 11 is 53.5. The molecule has 0 aliphatic carbocycles. The van der Waals surface area contributed by atoms with E-state index in [0.717, 1.165) is 28.3 Å². The van der Waals surface area contributed by atoms with Crippen LogP contribution in [0.5, 0.6) is 0 Å². The molecule has 74 heavy (non-hydrogen) atoms. The predicted molar refractivity (Wildman–Crippen MR) is 298 cm³/mol. The van der Waals surface area contributed by atoms with Gasteiger partial charge in [0.15, 0.2) is 23.3 Å². The molecule has 0 unspecified atom stereocenters. The van der Waals surface area contributed by atoms with E-state index in [1.54, 1.807) is 54.6 Å². The quantitative estimate of drug-likeness (QED) is 0.0470. The van der Waals surface area contributed by atoms with Crippen molar-refractivity contribution in [2.45, 2.75) is 0 Å². The summed E-state index contributed by atoms with van der Waals surface area (Å²) < 4.78 is 1.91. The Kier molecular flexibility index (Phi) is 25.4. The molecule has 30 heteroatoms. The van der Waals surface area contributed by atoms with E-state index in [0.29, 0.717) is 43.4 Å². The third kappa shape index (κ3) is 25.1. The summed E-state index contributed by atoms with van der Waals surface area (Å²) in [5.74, 6) is 0.544. The number of hydrogen-bond acceptors (Lipinski definition) is 13. The van der Waals surface area contributed by atoms with Crippen molar-refractivity contribution in [2.24, 2.45) is 5.73 Å². The van der Waals surface area contributed by atoms with Crippen LogP contribution in [0.25, 0.3) is 70.4 Å². The van der Waals surface area contributed by atoms with Gasteiger partial charge in [-0.05, 0) is 60.1 Å². The number of aliphatic carboxylic acids is 1. The number of nitriles is 1. The summed E-state index contributed by atoms with van der Waals surface area (Å²) in [6.07, 6.45) is 16.3. The summed E-state index contributed by atoms with van der Waals surface area (Å²) in [4.78, 5) is 47.8. The standard InChI is InChI=1S/C11H7Cl2N3O.C11H9ClN4O.C11H7ClN4.C11H8ClN3O2.Cl5P.H3N/c2*12-9-3-1-2-8(6-9)11-14-7-16(15-11)5-4-10(13)17;12-10-4-1-3-9(7-10)11-14-8-16(15-11)6-2-5-13;12-9-3-1-2-8(6-9)11-13-7-15(14-11)5-4-10(16)17;1-6(2,3,4)5;/h1-7H;1-7H,(H2,13,17);1-4,6-8H;1-7H,(H,16,17);;1H3/b2*5-4+;6-2+;5-4+;;. The molecule has 0 saturated heterocycles. The number of carboxylic acid groups (broad SMARTS) is 1. The van der Waals surface area contributed by atoms with E-state index in [9.17, 15) is 14.4 Å². The van der Waals surface area contributed by atoms with Gasteiger partial charge < -0.3 is 17.0 Å². The van der Waals surface area contributed by atoms with Crippen molar-refractivity contribution in [1.29, 1.82) is 5.26 Å². The molecule has 1 amide bonds. The van der Waals surface area contributed by atoms with E-state index in [1.807, 2.05) is 48.5 Å². The number of carboxylic acids is 1. The maximum Gasteiger partial charge on any atom is 0.329 e. The number of nitrogens with zero attached hydrogens (tertiary/aromatic N) is 13. The molecule has 384 valence electrons. The number of aromatic nitrogens is 12. The maximum absolute atomic E-state index is 10.6. The molecule has 4 aromatic carbocycles. The first-order chi connectivity index (χ1) is 34.5. The molecule has 0 atom stereocenters. The zero-order valence-corrected chi connectivity index (χ0v) is 45.6. The normalized spacial score (nSPS) is 11.3. The fraction of sp³-hybridized carbons (Fsp3) is 0. The molecular weight excluding hydrogens is 1190 g/mol. The molecule has 0 fully saturated rings. The van der Waals surface area contributed by atoms with Crippen LogP contribution in [0.2, 0.25) is 20.1 Å². The van der Waals surface area contributed by atoms with Crippen molar-refractivity contribution >= 4 is 159 Å². The molecule has 0 aliphatic heterocycles. The van der Waals surface area contributed by atoms with Gasteiger partial charge in [0.05, 0.1) is 6.07 Å². The number of halogens is 10. The van der Waals surface area contributed by atoms with Crippen LogP contribution in [0.15, 0.2) is 147 Å². The Balaban J connectivity index is 0.000000250. The van der Waals surface area contributed by atoms with Gasteiger partial charge in [0.1, 0.15) is 25.3 Å². The van der Waals surface area contributed by atoms with Gasteiger partial charge in [0.2, 0.25) is 11.1 Å². The number of primary amides is 1. The van der Waals surface area contributed by atoms with Gasteiger partial charge >= 0.3 is 65.5 Å². The first-order valence-corrected chi connectivity index (χ1v) is 28.3. The van der Waals surface area contributed by atoms with Crippen LogP contribution in [0.4, 0.5) is 0 Å². The fourth-order valence-electron chi connectivity index (χ4n) is 4.96. The second-order valence-electron chi connectivity index (χ2n) is 13.3. The molecule has 0 saturated carbocycles. The summed E-state index contributed by atoms with van der Waals surface area (Å²) in [6, 6.07) is 30.7. The molecule has 0 aliphatic rings. The molecule has 0 radical (unpaired) electrons. The maximum atomic E-state index is 10.6. The molecule has 4 aromatic heterocycles. The number of rotatable bonds is 11. The number of carbonyl (C=O) groups excluding carboxylic acids is 2. The molecule has 0 bridgehead atoms. The van der Waals surface area contributed by atoms with Gasteiger partial charge in [-0.1, -0.05) is 94.9 Å². The van der Waals surface area contributed by atoms with Crippen LogP contribution in [0, 0.1) is 11.3 Å². The van der Waals surface area contributed by atoms with Crippen molar-refractivity contribution in [3.8, 4) is 51.6 Å². The molecule has 0 spiro atoms. The van der Waals surface area contributed by atoms with Crippen LogP contribution in [0.3, 0.4) is 0 Å². The Morgan fingerprint density at radius 3 is 1.07 bits per heavy atom. The van der Waals surface area contributed by atoms with E-state index >= 15 is 0 Å². The Morgan fingerprint density at radius 1 is 0.527 bits per heavy atom. The van der Waals surface area contributed by atoms with Crippen LogP contribution in [0.1, 0.15) is 0 Å². The van der Waals surface area contributed by atoms with Gasteiger partial charge in [-0.2, -0.15) is 5.26 Å². The van der Waals surface area contributed by atoms with E-state index in [4.69, 9.17) is 130 Å². The van der Waals surface area contributed by atoms with Gasteiger partial charge in [-0.25, -0.2) is 43.5 Å². The van der Waals surface area contributed by atoms with Gasteiger partial charge in [0.25, 0.3) is 0 Å². The summed E-state index contributed by atoms with van der Waals surface area (Å²) in [6.45, 7) is 0. The van der Waals surface area contributed by atoms with Crippen molar-refractivity contribution in [2.75, 3.05) is 0 Å². The van der Waals surface area contributed by atoms with Crippen molar-refractivity contribution in [3.05, 3.63) is 167 Å². The molecule has 8 aromatic rings. The zero-order chi connectivity index (χ0) is 53.6. The summed E-state index contributed by atoms with van der Waals surface area (Å²) in [7, 11) is 0. The van der Waals surface area contributed by atoms with Gasteiger partial charge in [-0.15, -0.1) is 20.4 Å². The number of carbonyl (C=O) groups is 3. The average Bonchev–Trinajstić information content (AvgIpc) is 4.17. The largest absolute Gasteiger partial charge is 0.478 e. The minimum atomic E-state index is -3.69. The second-order valence-corrected chi connectivity index (χ2v) is 32.0. The van der Waals surface area contributed by atoms with E-state index < -0.39 is 20.5 Å². The van der Waals surface area contributed by atoms with Crippen molar-refractivity contribution < 1.29 is 19.5 Å². The first-order valence-electron chi connectivity index (χ1n) is 19.6. The SMILES string of the molecule is ClP(Cl)(Cl)(Cl)Cl.N.N#C/C=C/n1cnc(-c2cccc(Cl)c2)n1.NC(=O)/C=C/n1cnc(-c2cccc(Cl)c2)n1.O=C(Cl)/C=C/n1cnc(-c2cccc(Cl)c2)n1.O=C(O)/C=C/n1cnc(-c2cccc(Cl)c2)n1. The molecule has 19 nitrogen and oxygen atoms in total. The number of amides is 1. The zero-order valence-electron chi connectivity index (χ0n) is 37.2. The van der Waals surface area contributed by atoms with E-state index in [-0.39, 0.29) is 6.15 Å². The number of nitrogens with two attached hydrogens (primary N) is 1. The summed E-state index contributed by atoms with van der Waals surface area (Å²) in [5, 5.41) is 35.3. The predicted octanol–water partition coefficient (Wildman–Crippen LogP) is 13.6. The summed E-state index contributed by atoms with van der Waals surface area (Å²) in [5.41, 5.74) is 8.21. The second kappa shape index (κ2) is 30.2. The fourth-order valence-corrected chi connectivity index (χ4v) is 5.78. The Morgan fingerprint density at radius 2 is 0.811 bits per heavy atom. The van der Waals surface area contributed by atoms with E-state index in [2.05, 4.69) is 40.3 Å². The van der Waals surface area contributed by atoms with Crippen molar-refractivity contribution in [1.82, 2.24) is 65.2 Å². The molecular formula is C44H34Cl10N15O4P. The minimum Gasteiger partial charge on any atom is -0.478 e. The van der Waals surface area contributed by atoms with Crippen LogP contribution in [-0.4, -0.2) is 81.3 Å². The average molecular weight is 1220 g/mol. The van der Waals surface area contributed by atoms with Gasteiger partial charge in [-0.3, -0.25) is 9.59 Å². The Labute approximate surface area is 470 Å². The number of hydrogen-bond donors (Lipinski definition) is 3. The minimum absolute atomic E-state index is 0. The van der Waals surface area contributed by atoms with Crippen LogP contribution < -0.4 is 11.9 Å². The van der Waals surface area contributed by atoms with Crippen molar-refractivity contribution in [3.63, 3.8) is 0 Å². The Bertz CT molecular complexity index is 3060. The Hall–Kier alpha value is -6.21. The molecule has 8 rings (SSSR count). The smallest absolute Gasteiger partial charge is 0.329 e.